The Morgan fingerprint density at radius 2 is 1.56 bits per heavy atom. The second kappa shape index (κ2) is 9.41. The van der Waals surface area contributed by atoms with E-state index < -0.39 is 49.3 Å². The normalized spacial score (nSPS) is 31.4. The van der Waals surface area contributed by atoms with Gasteiger partial charge in [0.25, 0.3) is 0 Å². The highest BCUT2D eigenvalue weighted by Gasteiger charge is 2.45. The van der Waals surface area contributed by atoms with Gasteiger partial charge in [-0.1, -0.05) is 19.1 Å². The molecule has 0 amide bonds. The van der Waals surface area contributed by atoms with Crippen molar-refractivity contribution in [3.05, 3.63) is 53.1 Å². The summed E-state index contributed by atoms with van der Waals surface area (Å²) in [5.74, 6) is -1.70. The zero-order chi connectivity index (χ0) is 24.7. The fourth-order valence-electron chi connectivity index (χ4n) is 4.44. The molecule has 10 nitrogen and oxygen atoms in total. The molecule has 0 aromatic heterocycles. The van der Waals surface area contributed by atoms with Gasteiger partial charge in [-0.25, -0.2) is 0 Å². The number of aliphatic hydroxyl groups is 4. The van der Waals surface area contributed by atoms with Crippen LogP contribution in [0, 0.1) is 0 Å². The third kappa shape index (κ3) is 4.31. The molecule has 2 aromatic carbocycles. The van der Waals surface area contributed by atoms with Gasteiger partial charge in [0.2, 0.25) is 0 Å². The minimum Gasteiger partial charge on any atom is -0.504 e. The minimum atomic E-state index is -1.59. The van der Waals surface area contributed by atoms with E-state index in [1.807, 2.05) is 6.92 Å². The van der Waals surface area contributed by atoms with Gasteiger partial charge in [-0.15, -0.1) is 0 Å². The highest BCUT2D eigenvalue weighted by molar-refractivity contribution is 5.84. The SMILES string of the molecule is C[C@H]1c2cc(O)c(O)cc2C(c2ccc(O)c(O)c2)=CC[C@@H]1O[C@@H]1O[C@H](CO)[C@@H](O)[C@H](O)[C@H]1O. The van der Waals surface area contributed by atoms with Gasteiger partial charge in [-0.3, -0.25) is 0 Å². The molecule has 2 aromatic rings. The summed E-state index contributed by atoms with van der Waals surface area (Å²) < 4.78 is 11.5. The lowest BCUT2D eigenvalue weighted by atomic mass is 9.88. The van der Waals surface area contributed by atoms with Gasteiger partial charge < -0.3 is 50.3 Å². The highest BCUT2D eigenvalue weighted by Crippen LogP contribution is 2.44. The predicted octanol–water partition coefficient (Wildman–Crippen LogP) is 0.633. The monoisotopic (exact) mass is 476 g/mol. The Balaban J connectivity index is 1.72. The van der Waals surface area contributed by atoms with Crippen LogP contribution in [0.5, 0.6) is 23.0 Å². The van der Waals surface area contributed by atoms with Crippen molar-refractivity contribution in [2.24, 2.45) is 0 Å². The van der Waals surface area contributed by atoms with Crippen LogP contribution in [0.25, 0.3) is 5.57 Å². The molecule has 2 aliphatic rings. The molecule has 0 spiro atoms. The summed E-state index contributed by atoms with van der Waals surface area (Å²) in [6.07, 6.45) is -5.72. The van der Waals surface area contributed by atoms with E-state index in [-0.39, 0.29) is 29.4 Å². The topological polar surface area (TPSA) is 180 Å². The van der Waals surface area contributed by atoms with Crippen LogP contribution in [-0.4, -0.2) is 84.3 Å². The lowest BCUT2D eigenvalue weighted by Gasteiger charge is -2.41. The van der Waals surface area contributed by atoms with Gasteiger partial charge in [-0.2, -0.15) is 0 Å². The van der Waals surface area contributed by atoms with Crippen LogP contribution >= 0.6 is 0 Å². The molecule has 1 saturated heterocycles. The molecule has 0 radical (unpaired) electrons. The number of aliphatic hydroxyl groups excluding tert-OH is 4. The second-order valence-electron chi connectivity index (χ2n) is 8.65. The van der Waals surface area contributed by atoms with E-state index in [1.165, 1.54) is 24.3 Å². The third-order valence-electron chi connectivity index (χ3n) is 6.48. The fourth-order valence-corrected chi connectivity index (χ4v) is 4.44. The van der Waals surface area contributed by atoms with Crippen molar-refractivity contribution in [1.82, 2.24) is 0 Å². The van der Waals surface area contributed by atoms with Gasteiger partial charge >= 0.3 is 0 Å². The van der Waals surface area contributed by atoms with Gasteiger partial charge in [-0.05, 0) is 52.9 Å². The van der Waals surface area contributed by atoms with E-state index in [0.29, 0.717) is 22.3 Å². The first-order chi connectivity index (χ1) is 16.1. The molecule has 1 heterocycles. The number of aromatic hydroxyl groups is 4. The molecular weight excluding hydrogens is 448 g/mol. The van der Waals surface area contributed by atoms with Crippen LogP contribution in [0.4, 0.5) is 0 Å². The lowest BCUT2D eigenvalue weighted by molar-refractivity contribution is -0.312. The van der Waals surface area contributed by atoms with E-state index in [2.05, 4.69) is 0 Å². The molecule has 34 heavy (non-hydrogen) atoms. The average molecular weight is 476 g/mol. The first kappa shape index (κ1) is 24.3. The largest absolute Gasteiger partial charge is 0.504 e. The van der Waals surface area contributed by atoms with Crippen LogP contribution in [-0.2, 0) is 9.47 Å². The van der Waals surface area contributed by atoms with Crippen molar-refractivity contribution in [3.63, 3.8) is 0 Å². The van der Waals surface area contributed by atoms with Gasteiger partial charge in [0.1, 0.15) is 24.4 Å². The molecule has 1 aliphatic carbocycles. The maximum atomic E-state index is 10.4. The Kier molecular flexibility index (Phi) is 6.72. The summed E-state index contributed by atoms with van der Waals surface area (Å²) in [5, 5.41) is 80.0. The molecule has 10 heteroatoms. The summed E-state index contributed by atoms with van der Waals surface area (Å²) in [6, 6.07) is 7.10. The summed E-state index contributed by atoms with van der Waals surface area (Å²) >= 11 is 0. The zero-order valence-corrected chi connectivity index (χ0v) is 18.3. The predicted molar refractivity (Wildman–Crippen MR) is 118 cm³/mol. The summed E-state index contributed by atoms with van der Waals surface area (Å²) in [6.45, 7) is 1.23. The number of fused-ring (bicyclic) bond motifs is 1. The first-order valence-electron chi connectivity index (χ1n) is 10.9. The molecule has 0 saturated carbocycles. The summed E-state index contributed by atoms with van der Waals surface area (Å²) in [5.41, 5.74) is 2.31. The number of hydrogen-bond donors (Lipinski definition) is 8. The minimum absolute atomic E-state index is 0.267. The maximum absolute atomic E-state index is 10.4. The number of benzene rings is 2. The van der Waals surface area contributed by atoms with Crippen molar-refractivity contribution < 1.29 is 50.3 Å². The molecule has 8 N–H and O–H groups in total. The zero-order valence-electron chi connectivity index (χ0n) is 18.3. The van der Waals surface area contributed by atoms with E-state index in [1.54, 1.807) is 12.1 Å². The van der Waals surface area contributed by atoms with Crippen LogP contribution in [0.2, 0.25) is 0 Å². The Bertz CT molecular complexity index is 1080. The highest BCUT2D eigenvalue weighted by atomic mass is 16.7. The fraction of sp³-hybridized carbons (Fsp3) is 0.417. The summed E-state index contributed by atoms with van der Waals surface area (Å²) in [4.78, 5) is 0. The maximum Gasteiger partial charge on any atom is 0.187 e. The number of hydrogen-bond acceptors (Lipinski definition) is 10. The Morgan fingerprint density at radius 1 is 0.882 bits per heavy atom. The smallest absolute Gasteiger partial charge is 0.187 e. The van der Waals surface area contributed by atoms with E-state index in [0.717, 1.165) is 0 Å². The quantitative estimate of drug-likeness (QED) is 0.292. The van der Waals surface area contributed by atoms with Gasteiger partial charge in [0.05, 0.1) is 12.7 Å². The van der Waals surface area contributed by atoms with E-state index in [9.17, 15) is 40.9 Å². The molecule has 7 atom stereocenters. The average Bonchev–Trinajstić information content (AvgIpc) is 2.93. The van der Waals surface area contributed by atoms with Crippen molar-refractivity contribution in [2.75, 3.05) is 6.61 Å². The Morgan fingerprint density at radius 3 is 2.24 bits per heavy atom. The number of phenols is 4. The van der Waals surface area contributed by atoms with Crippen molar-refractivity contribution >= 4 is 5.57 Å². The Hall–Kier alpha value is -2.86. The van der Waals surface area contributed by atoms with Crippen LogP contribution < -0.4 is 0 Å². The molecule has 1 aliphatic heterocycles. The van der Waals surface area contributed by atoms with Crippen molar-refractivity contribution in [2.45, 2.75) is 56.1 Å². The van der Waals surface area contributed by atoms with Gasteiger partial charge in [0.15, 0.2) is 29.3 Å². The number of phenolic OH excluding ortho intramolecular Hbond substituents is 4. The second-order valence-corrected chi connectivity index (χ2v) is 8.65. The standard InChI is InChI=1S/C24H28O10/c1-10-13-7-17(28)18(29)8-14(13)12(11-2-4-15(26)16(27)6-11)3-5-19(10)33-24-23(32)22(31)21(30)20(9-25)34-24/h2-4,6-8,10,19-32H,5,9H2,1H3/t10-,19-,20+,21+,22-,23+,24+/m0/s1. The van der Waals surface area contributed by atoms with E-state index in [4.69, 9.17) is 9.47 Å². The third-order valence-corrected chi connectivity index (χ3v) is 6.48. The molecule has 0 bridgehead atoms. The molecular formula is C24H28O10. The molecule has 0 unspecified atom stereocenters. The van der Waals surface area contributed by atoms with Crippen LogP contribution in [0.15, 0.2) is 36.4 Å². The van der Waals surface area contributed by atoms with Crippen LogP contribution in [0.3, 0.4) is 0 Å². The lowest BCUT2D eigenvalue weighted by Crippen LogP contribution is -2.59. The molecule has 4 rings (SSSR count). The van der Waals surface area contributed by atoms with Gasteiger partial charge in [0, 0.05) is 5.92 Å². The van der Waals surface area contributed by atoms with Crippen molar-refractivity contribution in [1.29, 1.82) is 0 Å². The summed E-state index contributed by atoms with van der Waals surface area (Å²) in [7, 11) is 0. The number of ether oxygens (including phenoxy) is 2. The van der Waals surface area contributed by atoms with Crippen LogP contribution in [0.1, 0.15) is 36.0 Å². The number of rotatable bonds is 4. The molecule has 1 fully saturated rings. The van der Waals surface area contributed by atoms with E-state index >= 15 is 0 Å². The molecule has 184 valence electrons. The first-order valence-corrected chi connectivity index (χ1v) is 10.9. The Labute approximate surface area is 195 Å². The van der Waals surface area contributed by atoms with Crippen molar-refractivity contribution in [3.8, 4) is 23.0 Å².